The van der Waals surface area contributed by atoms with Gasteiger partial charge in [-0.25, -0.2) is 9.59 Å². The molecule has 2 N–H and O–H groups in total. The molecule has 1 saturated heterocycles. The average molecular weight is 419 g/mol. The van der Waals surface area contributed by atoms with Gasteiger partial charge in [0.05, 0.1) is 5.92 Å². The summed E-state index contributed by atoms with van der Waals surface area (Å²) in [4.78, 5) is 50.4. The minimum Gasteiger partial charge on any atom is -0.447 e. The summed E-state index contributed by atoms with van der Waals surface area (Å²) in [6.07, 6.45) is -0.867. The van der Waals surface area contributed by atoms with Gasteiger partial charge in [0.2, 0.25) is 6.10 Å². The molecule has 164 valence electrons. The van der Waals surface area contributed by atoms with E-state index >= 15 is 0 Å². The molecule has 1 heterocycles. The summed E-state index contributed by atoms with van der Waals surface area (Å²) in [6, 6.07) is 7.79. The molecule has 1 aromatic rings. The summed E-state index contributed by atoms with van der Waals surface area (Å²) in [5.74, 6) is -1.73. The Morgan fingerprint density at radius 3 is 2.20 bits per heavy atom. The normalized spacial score (nSPS) is 15.7. The number of rotatable bonds is 4. The molecule has 0 aromatic heterocycles. The number of imide groups is 1. The van der Waals surface area contributed by atoms with Crippen LogP contribution in [0.1, 0.15) is 45.3 Å². The van der Waals surface area contributed by atoms with Crippen LogP contribution in [-0.2, 0) is 19.1 Å². The van der Waals surface area contributed by atoms with Crippen LogP contribution in [0.2, 0.25) is 0 Å². The van der Waals surface area contributed by atoms with E-state index in [0.29, 0.717) is 31.5 Å². The molecule has 1 aliphatic rings. The van der Waals surface area contributed by atoms with E-state index in [0.717, 1.165) is 0 Å². The molecule has 30 heavy (non-hydrogen) atoms. The molecule has 2 rings (SSSR count). The van der Waals surface area contributed by atoms with Crippen LogP contribution in [-0.4, -0.2) is 54.6 Å². The Morgan fingerprint density at radius 2 is 1.67 bits per heavy atom. The van der Waals surface area contributed by atoms with Crippen molar-refractivity contribution in [3.8, 4) is 0 Å². The van der Waals surface area contributed by atoms with E-state index < -0.39 is 41.6 Å². The first-order valence-electron chi connectivity index (χ1n) is 9.86. The molecule has 1 fully saturated rings. The first kappa shape index (κ1) is 23.2. The highest BCUT2D eigenvalue weighted by atomic mass is 16.6. The molecule has 9 heteroatoms. The number of nitrogens with zero attached hydrogens (tertiary/aromatic N) is 1. The number of hydrogen-bond acceptors (Lipinski definition) is 6. The van der Waals surface area contributed by atoms with Gasteiger partial charge in [-0.2, -0.15) is 0 Å². The van der Waals surface area contributed by atoms with Crippen molar-refractivity contribution < 1.29 is 28.7 Å². The van der Waals surface area contributed by atoms with E-state index in [9.17, 15) is 19.2 Å². The van der Waals surface area contributed by atoms with Crippen molar-refractivity contribution in [2.75, 3.05) is 20.1 Å². The highest BCUT2D eigenvalue weighted by molar-refractivity contribution is 5.97. The largest absolute Gasteiger partial charge is 0.447 e. The fraction of sp³-hybridized carbons (Fsp3) is 0.524. The predicted octanol–water partition coefficient (Wildman–Crippen LogP) is 2.37. The van der Waals surface area contributed by atoms with E-state index in [1.807, 2.05) is 0 Å². The monoisotopic (exact) mass is 419 g/mol. The molecule has 1 aromatic carbocycles. The zero-order valence-corrected chi connectivity index (χ0v) is 17.8. The molecular weight excluding hydrogens is 390 g/mol. The van der Waals surface area contributed by atoms with E-state index in [2.05, 4.69) is 10.6 Å². The molecule has 9 nitrogen and oxygen atoms in total. The van der Waals surface area contributed by atoms with E-state index in [4.69, 9.17) is 9.47 Å². The fourth-order valence-corrected chi connectivity index (χ4v) is 2.98. The van der Waals surface area contributed by atoms with Crippen LogP contribution in [0.5, 0.6) is 0 Å². The minimum atomic E-state index is -1.25. The molecule has 0 saturated carbocycles. The number of nitrogens with one attached hydrogen (secondary N) is 2. The molecule has 0 unspecified atom stereocenters. The Morgan fingerprint density at radius 1 is 1.07 bits per heavy atom. The van der Waals surface area contributed by atoms with Crippen LogP contribution in [0, 0.1) is 5.92 Å². The topological polar surface area (TPSA) is 114 Å². The number of benzene rings is 1. The van der Waals surface area contributed by atoms with Crippen molar-refractivity contribution in [3.63, 3.8) is 0 Å². The lowest BCUT2D eigenvalue weighted by molar-refractivity contribution is -0.161. The third-order valence-electron chi connectivity index (χ3n) is 4.52. The zero-order chi connectivity index (χ0) is 22.3. The maximum absolute atomic E-state index is 12.7. The van der Waals surface area contributed by atoms with Gasteiger partial charge in [-0.1, -0.05) is 30.3 Å². The molecule has 1 aliphatic heterocycles. The maximum Gasteiger partial charge on any atom is 0.410 e. The van der Waals surface area contributed by atoms with E-state index in [-0.39, 0.29) is 0 Å². The number of hydrogen-bond donors (Lipinski definition) is 2. The highest BCUT2D eigenvalue weighted by Gasteiger charge is 2.34. The Kier molecular flexibility index (Phi) is 7.79. The third-order valence-corrected chi connectivity index (χ3v) is 4.52. The van der Waals surface area contributed by atoms with Gasteiger partial charge in [-0.3, -0.25) is 14.9 Å². The lowest BCUT2D eigenvalue weighted by Crippen LogP contribution is -2.44. The summed E-state index contributed by atoms with van der Waals surface area (Å²) in [6.45, 7) is 6.10. The van der Waals surface area contributed by atoms with Crippen molar-refractivity contribution in [2.24, 2.45) is 5.92 Å². The Labute approximate surface area is 176 Å². The average Bonchev–Trinajstić information content (AvgIpc) is 2.71. The molecule has 0 aliphatic carbocycles. The third kappa shape index (κ3) is 6.75. The first-order chi connectivity index (χ1) is 14.1. The summed E-state index contributed by atoms with van der Waals surface area (Å²) in [7, 11) is 1.38. The number of carbonyl (C=O) groups is 4. The first-order valence-corrected chi connectivity index (χ1v) is 9.86. The van der Waals surface area contributed by atoms with Crippen molar-refractivity contribution in [1.29, 1.82) is 0 Å². The van der Waals surface area contributed by atoms with Gasteiger partial charge < -0.3 is 19.7 Å². The van der Waals surface area contributed by atoms with Gasteiger partial charge in [0.1, 0.15) is 5.60 Å². The van der Waals surface area contributed by atoms with Crippen LogP contribution >= 0.6 is 0 Å². The molecule has 0 radical (unpaired) electrons. The number of esters is 1. The van der Waals surface area contributed by atoms with Crippen LogP contribution < -0.4 is 10.6 Å². The van der Waals surface area contributed by atoms with Gasteiger partial charge in [0.25, 0.3) is 5.91 Å². The molecule has 1 atom stereocenters. The minimum absolute atomic E-state index is 0.356. The Hall–Kier alpha value is -3.10. The number of ether oxygens (including phenoxy) is 2. The van der Waals surface area contributed by atoms with Gasteiger partial charge in [0, 0.05) is 25.7 Å². The quantitative estimate of drug-likeness (QED) is 0.725. The molecule has 0 bridgehead atoms. The lowest BCUT2D eigenvalue weighted by Gasteiger charge is -2.33. The number of likely N-dealkylation sites (tertiary alicyclic amines) is 1. The van der Waals surface area contributed by atoms with Crippen molar-refractivity contribution >= 4 is 24.0 Å². The number of carbonyl (C=O) groups excluding carboxylic acids is 4. The molecule has 0 spiro atoms. The number of amides is 4. The van der Waals surface area contributed by atoms with Gasteiger partial charge >= 0.3 is 18.1 Å². The van der Waals surface area contributed by atoms with Crippen molar-refractivity contribution in [3.05, 3.63) is 35.9 Å². The fourth-order valence-electron chi connectivity index (χ4n) is 2.98. The maximum atomic E-state index is 12.7. The highest BCUT2D eigenvalue weighted by Crippen LogP contribution is 2.25. The van der Waals surface area contributed by atoms with Gasteiger partial charge in [-0.05, 0) is 33.6 Å². The predicted molar refractivity (Wildman–Crippen MR) is 108 cm³/mol. The van der Waals surface area contributed by atoms with Crippen molar-refractivity contribution in [1.82, 2.24) is 15.5 Å². The summed E-state index contributed by atoms with van der Waals surface area (Å²) < 4.78 is 10.8. The van der Waals surface area contributed by atoms with E-state index in [1.165, 1.54) is 7.05 Å². The van der Waals surface area contributed by atoms with Gasteiger partial charge in [-0.15, -0.1) is 0 Å². The van der Waals surface area contributed by atoms with Gasteiger partial charge in [0.15, 0.2) is 0 Å². The summed E-state index contributed by atoms with van der Waals surface area (Å²) in [5, 5.41) is 4.43. The molecular formula is C21H29N3O6. The van der Waals surface area contributed by atoms with Crippen LogP contribution in [0.25, 0.3) is 0 Å². The van der Waals surface area contributed by atoms with Crippen LogP contribution in [0.4, 0.5) is 9.59 Å². The second-order valence-electron chi connectivity index (χ2n) is 8.04. The lowest BCUT2D eigenvalue weighted by atomic mass is 9.97. The van der Waals surface area contributed by atoms with E-state index in [1.54, 1.807) is 56.0 Å². The van der Waals surface area contributed by atoms with Crippen molar-refractivity contribution in [2.45, 2.75) is 45.3 Å². The second kappa shape index (κ2) is 10.1. The summed E-state index contributed by atoms with van der Waals surface area (Å²) >= 11 is 0. The van der Waals surface area contributed by atoms with Crippen LogP contribution in [0.15, 0.2) is 30.3 Å². The number of piperidine rings is 1. The SMILES string of the molecule is CNC(=O)NC(=O)[C@H](OC(=O)C1CCN(C(=O)OC(C)(C)C)CC1)c1ccccc1. The molecule has 4 amide bonds. The second-order valence-corrected chi connectivity index (χ2v) is 8.04. The standard InChI is InChI=1S/C21H29N3O6/c1-21(2,3)30-20(28)24-12-10-15(11-13-24)18(26)29-16(14-8-6-5-7-9-14)17(25)23-19(27)22-4/h5-9,15-16H,10-13H2,1-4H3,(H2,22,23,25,27)/t16-/m1/s1. The smallest absolute Gasteiger partial charge is 0.410 e. The van der Waals surface area contributed by atoms with Crippen LogP contribution in [0.3, 0.4) is 0 Å². The Balaban J connectivity index is 2.00. The summed E-state index contributed by atoms with van der Waals surface area (Å²) in [5.41, 5.74) is -0.132. The number of urea groups is 1. The zero-order valence-electron chi connectivity index (χ0n) is 17.8. The Bertz CT molecular complexity index is 767.